The largest absolute Gasteiger partial charge is 0.296 e. The second-order valence-corrected chi connectivity index (χ2v) is 9.93. The Balaban J connectivity index is 2.83. The summed E-state index contributed by atoms with van der Waals surface area (Å²) in [5.41, 5.74) is 0.215. The standard InChI is InChI=1S/C12H12BrClIN3O2S/c1-12(2,3)18-10(16-17-11(18)21(14,19)20)8-6-7(15)4-5-9(8)13/h4-6H,1-3H3. The van der Waals surface area contributed by atoms with Gasteiger partial charge in [0.2, 0.25) is 0 Å². The van der Waals surface area contributed by atoms with E-state index in [1.165, 1.54) is 4.57 Å². The van der Waals surface area contributed by atoms with E-state index in [9.17, 15) is 8.42 Å². The first-order valence-corrected chi connectivity index (χ1v) is 10.1. The summed E-state index contributed by atoms with van der Waals surface area (Å²) in [4.78, 5) is 0. The van der Waals surface area contributed by atoms with Crippen molar-refractivity contribution in [3.05, 3.63) is 26.2 Å². The fourth-order valence-electron chi connectivity index (χ4n) is 1.88. The molecule has 9 heteroatoms. The number of aromatic nitrogens is 3. The van der Waals surface area contributed by atoms with Crippen molar-refractivity contribution in [1.82, 2.24) is 14.8 Å². The Morgan fingerprint density at radius 2 is 1.90 bits per heavy atom. The minimum Gasteiger partial charge on any atom is -0.291 e. The maximum atomic E-state index is 11.7. The molecule has 0 unspecified atom stereocenters. The van der Waals surface area contributed by atoms with E-state index in [4.69, 9.17) is 10.7 Å². The summed E-state index contributed by atoms with van der Waals surface area (Å²) in [6.07, 6.45) is 0. The highest BCUT2D eigenvalue weighted by Crippen LogP contribution is 2.34. The highest BCUT2D eigenvalue weighted by molar-refractivity contribution is 14.1. The van der Waals surface area contributed by atoms with Gasteiger partial charge in [0, 0.05) is 29.8 Å². The molecule has 114 valence electrons. The molecule has 0 amide bonds. The Morgan fingerprint density at radius 3 is 2.43 bits per heavy atom. The first-order chi connectivity index (χ1) is 9.51. The average molecular weight is 505 g/mol. The number of nitrogens with zero attached hydrogens (tertiary/aromatic N) is 3. The fourth-order valence-corrected chi connectivity index (χ4v) is 3.81. The van der Waals surface area contributed by atoms with Crippen molar-refractivity contribution in [3.63, 3.8) is 0 Å². The highest BCUT2D eigenvalue weighted by atomic mass is 127. The molecule has 5 nitrogen and oxygen atoms in total. The van der Waals surface area contributed by atoms with Crippen LogP contribution in [0.1, 0.15) is 20.8 Å². The maximum absolute atomic E-state index is 11.7. The van der Waals surface area contributed by atoms with E-state index in [2.05, 4.69) is 48.7 Å². The minimum absolute atomic E-state index is 0.252. The van der Waals surface area contributed by atoms with Crippen molar-refractivity contribution in [2.24, 2.45) is 0 Å². The third kappa shape index (κ3) is 3.59. The molecule has 0 atom stereocenters. The molecule has 0 saturated carbocycles. The summed E-state index contributed by atoms with van der Waals surface area (Å²) < 4.78 is 26.8. The van der Waals surface area contributed by atoms with Gasteiger partial charge < -0.3 is 0 Å². The lowest BCUT2D eigenvalue weighted by molar-refractivity contribution is 0.367. The average Bonchev–Trinajstić information content (AvgIpc) is 2.76. The van der Waals surface area contributed by atoms with Crippen LogP contribution in [0.5, 0.6) is 0 Å². The Bertz CT molecular complexity index is 799. The van der Waals surface area contributed by atoms with Gasteiger partial charge in [-0.05, 0) is 61.6 Å². The Morgan fingerprint density at radius 1 is 1.29 bits per heavy atom. The number of rotatable bonds is 2. The normalized spacial score (nSPS) is 12.7. The molecule has 0 saturated heterocycles. The van der Waals surface area contributed by atoms with Gasteiger partial charge in [-0.3, -0.25) is 4.57 Å². The van der Waals surface area contributed by atoms with E-state index in [1.807, 2.05) is 39.0 Å². The van der Waals surface area contributed by atoms with Crippen LogP contribution >= 0.6 is 49.2 Å². The summed E-state index contributed by atoms with van der Waals surface area (Å²) >= 11 is 5.64. The molecule has 0 N–H and O–H groups in total. The first-order valence-electron chi connectivity index (χ1n) is 5.88. The lowest BCUT2D eigenvalue weighted by atomic mass is 10.1. The smallest absolute Gasteiger partial charge is 0.291 e. The van der Waals surface area contributed by atoms with Crippen molar-refractivity contribution < 1.29 is 8.42 Å². The Labute approximate surface area is 149 Å². The van der Waals surface area contributed by atoms with Crippen LogP contribution in [0.25, 0.3) is 11.4 Å². The summed E-state index contributed by atoms with van der Waals surface area (Å²) in [6.45, 7) is 5.60. The molecule has 0 spiro atoms. The fraction of sp³-hybridized carbons (Fsp3) is 0.333. The Kier molecular flexibility index (Phi) is 4.73. The van der Waals surface area contributed by atoms with Gasteiger partial charge in [-0.15, -0.1) is 10.2 Å². The number of halogens is 3. The van der Waals surface area contributed by atoms with Gasteiger partial charge >= 0.3 is 0 Å². The van der Waals surface area contributed by atoms with Gasteiger partial charge in [-0.1, -0.05) is 15.9 Å². The second-order valence-electron chi connectivity index (χ2n) is 5.37. The monoisotopic (exact) mass is 503 g/mol. The lowest BCUT2D eigenvalue weighted by Crippen LogP contribution is -2.26. The van der Waals surface area contributed by atoms with Crippen LogP contribution in [0.3, 0.4) is 0 Å². The molecule has 2 aromatic rings. The third-order valence-electron chi connectivity index (χ3n) is 2.69. The molecule has 0 radical (unpaired) electrons. The third-order valence-corrected chi connectivity index (χ3v) is 5.17. The van der Waals surface area contributed by atoms with Crippen LogP contribution in [0.15, 0.2) is 27.8 Å². The summed E-state index contributed by atoms with van der Waals surface area (Å²) in [6, 6.07) is 5.72. The molecular weight excluding hydrogens is 492 g/mol. The Hall–Kier alpha value is -0.190. The molecule has 0 aliphatic carbocycles. The summed E-state index contributed by atoms with van der Waals surface area (Å²) in [7, 11) is 1.49. The quantitative estimate of drug-likeness (QED) is 0.458. The van der Waals surface area contributed by atoms with Crippen molar-refractivity contribution in [2.75, 3.05) is 0 Å². The topological polar surface area (TPSA) is 64.8 Å². The molecule has 21 heavy (non-hydrogen) atoms. The van der Waals surface area contributed by atoms with Gasteiger partial charge in [0.05, 0.1) is 0 Å². The van der Waals surface area contributed by atoms with E-state index in [-0.39, 0.29) is 5.16 Å². The molecule has 0 fully saturated rings. The van der Waals surface area contributed by atoms with Gasteiger partial charge in [0.1, 0.15) is 0 Å². The van der Waals surface area contributed by atoms with E-state index in [1.54, 1.807) is 0 Å². The lowest BCUT2D eigenvalue weighted by Gasteiger charge is -2.24. The highest BCUT2D eigenvalue weighted by Gasteiger charge is 2.30. The van der Waals surface area contributed by atoms with Gasteiger partial charge in [0.25, 0.3) is 14.2 Å². The minimum atomic E-state index is -3.98. The zero-order valence-electron chi connectivity index (χ0n) is 11.4. The molecule has 0 aliphatic rings. The van der Waals surface area contributed by atoms with Crippen LogP contribution in [-0.4, -0.2) is 23.2 Å². The molecule has 2 rings (SSSR count). The van der Waals surface area contributed by atoms with Crippen LogP contribution in [0.4, 0.5) is 0 Å². The summed E-state index contributed by atoms with van der Waals surface area (Å²) in [5.74, 6) is 0.451. The molecule has 1 aromatic carbocycles. The van der Waals surface area contributed by atoms with Crippen LogP contribution in [0, 0.1) is 3.57 Å². The van der Waals surface area contributed by atoms with E-state index in [0.29, 0.717) is 5.82 Å². The van der Waals surface area contributed by atoms with Crippen molar-refractivity contribution >= 4 is 58.3 Å². The predicted molar refractivity (Wildman–Crippen MR) is 93.9 cm³/mol. The number of hydrogen-bond acceptors (Lipinski definition) is 4. The van der Waals surface area contributed by atoms with E-state index in [0.717, 1.165) is 13.6 Å². The molecular formula is C12H12BrClIN3O2S. The van der Waals surface area contributed by atoms with Gasteiger partial charge in [0.15, 0.2) is 5.82 Å². The van der Waals surface area contributed by atoms with Crippen LogP contribution in [-0.2, 0) is 14.6 Å². The predicted octanol–water partition coefficient (Wildman–Crippen LogP) is 3.99. The van der Waals surface area contributed by atoms with Gasteiger partial charge in [-0.2, -0.15) is 0 Å². The van der Waals surface area contributed by atoms with Crippen molar-refractivity contribution in [3.8, 4) is 11.4 Å². The molecule has 0 aliphatic heterocycles. The molecule has 0 bridgehead atoms. The van der Waals surface area contributed by atoms with E-state index < -0.39 is 14.6 Å². The first kappa shape index (κ1) is 17.2. The zero-order chi connectivity index (χ0) is 16.0. The van der Waals surface area contributed by atoms with Crippen LogP contribution < -0.4 is 0 Å². The number of benzene rings is 1. The van der Waals surface area contributed by atoms with Crippen molar-refractivity contribution in [2.45, 2.75) is 31.5 Å². The molecule has 1 heterocycles. The molecule has 1 aromatic heterocycles. The SMILES string of the molecule is CC(C)(C)n1c(-c2cc(I)ccc2Br)nnc1S(=O)(=O)Cl. The summed E-state index contributed by atoms with van der Waals surface area (Å²) in [5, 5.41) is 7.56. The zero-order valence-corrected chi connectivity index (χ0v) is 16.7. The van der Waals surface area contributed by atoms with Crippen molar-refractivity contribution in [1.29, 1.82) is 0 Å². The van der Waals surface area contributed by atoms with Crippen LogP contribution in [0.2, 0.25) is 0 Å². The van der Waals surface area contributed by atoms with Gasteiger partial charge in [-0.25, -0.2) is 8.42 Å². The number of hydrogen-bond donors (Lipinski definition) is 0. The van der Waals surface area contributed by atoms with E-state index >= 15 is 0 Å². The maximum Gasteiger partial charge on any atom is 0.296 e. The second kappa shape index (κ2) is 5.78.